The molecular formula is C30H28Cl3N5O2. The summed E-state index contributed by atoms with van der Waals surface area (Å²) in [6.45, 7) is 7.46. The van der Waals surface area contributed by atoms with Crippen LogP contribution in [0.25, 0.3) is 22.3 Å². The molecule has 206 valence electrons. The van der Waals surface area contributed by atoms with Crippen LogP contribution in [0.15, 0.2) is 54.6 Å². The van der Waals surface area contributed by atoms with Crippen molar-refractivity contribution in [2.45, 2.75) is 33.7 Å². The van der Waals surface area contributed by atoms with Gasteiger partial charge in [-0.2, -0.15) is 0 Å². The molecule has 3 aromatic carbocycles. The number of nitrogens with one attached hydrogen (secondary N) is 2. The third-order valence-corrected chi connectivity index (χ3v) is 7.80. The smallest absolute Gasteiger partial charge is 0.258 e. The fraction of sp³-hybridized carbons (Fsp3) is 0.267. The second kappa shape index (κ2) is 11.2. The van der Waals surface area contributed by atoms with Crippen molar-refractivity contribution in [3.05, 3.63) is 80.8 Å². The number of hydrogen-bond acceptors (Lipinski definition) is 5. The van der Waals surface area contributed by atoms with Crippen molar-refractivity contribution < 1.29 is 9.59 Å². The van der Waals surface area contributed by atoms with Crippen molar-refractivity contribution >= 4 is 69.0 Å². The first-order valence-corrected chi connectivity index (χ1v) is 14.0. The second-order valence-electron chi connectivity index (χ2n) is 10.7. The summed E-state index contributed by atoms with van der Waals surface area (Å²) in [5, 5.41) is 7.58. The van der Waals surface area contributed by atoms with Crippen LogP contribution >= 0.6 is 34.8 Å². The predicted octanol–water partition coefficient (Wildman–Crippen LogP) is 7.38. The molecule has 40 heavy (non-hydrogen) atoms. The van der Waals surface area contributed by atoms with Gasteiger partial charge in [0.05, 0.1) is 26.1 Å². The van der Waals surface area contributed by atoms with E-state index in [4.69, 9.17) is 44.8 Å². The summed E-state index contributed by atoms with van der Waals surface area (Å²) in [5.41, 5.74) is 2.08. The topological polar surface area (TPSA) is 87.2 Å². The molecule has 0 atom stereocenters. The van der Waals surface area contributed by atoms with E-state index in [-0.39, 0.29) is 28.1 Å². The maximum atomic E-state index is 13.4. The van der Waals surface area contributed by atoms with E-state index in [0.29, 0.717) is 27.6 Å². The molecular weight excluding hydrogens is 569 g/mol. The van der Waals surface area contributed by atoms with Gasteiger partial charge in [0, 0.05) is 41.7 Å². The van der Waals surface area contributed by atoms with Gasteiger partial charge in [-0.3, -0.25) is 9.59 Å². The number of carbonyl (C=O) groups excluding carboxylic acids is 2. The van der Waals surface area contributed by atoms with E-state index in [2.05, 4.69) is 15.5 Å². The molecule has 2 amide bonds. The van der Waals surface area contributed by atoms with Gasteiger partial charge in [-0.1, -0.05) is 73.8 Å². The Morgan fingerprint density at radius 2 is 1.70 bits per heavy atom. The highest BCUT2D eigenvalue weighted by atomic mass is 35.5. The highest BCUT2D eigenvalue weighted by Gasteiger charge is 2.24. The fourth-order valence-electron chi connectivity index (χ4n) is 4.30. The molecule has 0 unspecified atom stereocenters. The number of halogens is 3. The lowest BCUT2D eigenvalue weighted by Gasteiger charge is -2.33. The van der Waals surface area contributed by atoms with Crippen LogP contribution in [-0.4, -0.2) is 34.9 Å². The molecule has 0 spiro atoms. The summed E-state index contributed by atoms with van der Waals surface area (Å²) in [6, 6.07) is 16.2. The Morgan fingerprint density at radius 3 is 2.38 bits per heavy atom. The monoisotopic (exact) mass is 595 g/mol. The molecule has 10 heteroatoms. The summed E-state index contributed by atoms with van der Waals surface area (Å²) in [4.78, 5) is 37.5. The van der Waals surface area contributed by atoms with Crippen LogP contribution in [0.5, 0.6) is 0 Å². The Morgan fingerprint density at radius 1 is 0.950 bits per heavy atom. The Hall–Kier alpha value is -3.39. The van der Waals surface area contributed by atoms with E-state index in [1.165, 1.54) is 0 Å². The standard InChI is InChI=1S/C30H28Cl3N5O2/c1-30(2,3)29(40)34-16-17-9-12-22(32)24(25(17)33)28(39)35-18-10-11-20-23(15-18)36-26(19-7-4-5-8-21(19)31)37-27(20)38-13-6-14-38/h4-5,7-12,15H,6,13-14,16H2,1-3H3,(H,34,40)(H,35,39). The lowest BCUT2D eigenvalue weighted by Crippen LogP contribution is -2.37. The quantitative estimate of drug-likeness (QED) is 0.242. The number of carbonyl (C=O) groups is 2. The Kier molecular flexibility index (Phi) is 7.91. The van der Waals surface area contributed by atoms with Gasteiger partial charge in [0.25, 0.3) is 5.91 Å². The Labute approximate surface area is 247 Å². The first-order chi connectivity index (χ1) is 19.0. The Bertz CT molecular complexity index is 1630. The number of amides is 2. The minimum atomic E-state index is -0.556. The zero-order chi connectivity index (χ0) is 28.6. The van der Waals surface area contributed by atoms with E-state index < -0.39 is 11.3 Å². The summed E-state index contributed by atoms with van der Waals surface area (Å²) in [7, 11) is 0. The van der Waals surface area contributed by atoms with Crippen molar-refractivity contribution in [2.24, 2.45) is 5.41 Å². The van der Waals surface area contributed by atoms with Gasteiger partial charge in [0.15, 0.2) is 5.82 Å². The van der Waals surface area contributed by atoms with Gasteiger partial charge in [0.1, 0.15) is 5.82 Å². The third kappa shape index (κ3) is 5.73. The van der Waals surface area contributed by atoms with Crippen molar-refractivity contribution in [1.29, 1.82) is 0 Å². The lowest BCUT2D eigenvalue weighted by molar-refractivity contribution is -0.128. The van der Waals surface area contributed by atoms with Crippen molar-refractivity contribution in [2.75, 3.05) is 23.3 Å². The van der Waals surface area contributed by atoms with E-state index >= 15 is 0 Å². The van der Waals surface area contributed by atoms with Gasteiger partial charge in [0.2, 0.25) is 5.91 Å². The number of nitrogens with zero attached hydrogens (tertiary/aromatic N) is 3. The van der Waals surface area contributed by atoms with Crippen LogP contribution in [0.2, 0.25) is 15.1 Å². The van der Waals surface area contributed by atoms with E-state index in [1.807, 2.05) is 45.0 Å². The van der Waals surface area contributed by atoms with Crippen molar-refractivity contribution in [3.8, 4) is 11.4 Å². The summed E-state index contributed by atoms with van der Waals surface area (Å²) in [5.74, 6) is 0.748. The minimum absolute atomic E-state index is 0.128. The molecule has 1 aliphatic rings. The zero-order valence-corrected chi connectivity index (χ0v) is 24.6. The first kappa shape index (κ1) is 28.1. The number of anilines is 2. The SMILES string of the molecule is CC(C)(C)C(=O)NCc1ccc(Cl)c(C(=O)Nc2ccc3c(N4CCC4)nc(-c4ccccc4Cl)nc3c2)c1Cl. The second-order valence-corrected chi connectivity index (χ2v) is 11.9. The van der Waals surface area contributed by atoms with Crippen LogP contribution in [0.4, 0.5) is 11.5 Å². The maximum Gasteiger partial charge on any atom is 0.258 e. The Balaban J connectivity index is 1.46. The number of fused-ring (bicyclic) bond motifs is 1. The molecule has 0 saturated carbocycles. The van der Waals surface area contributed by atoms with E-state index in [1.54, 1.807) is 30.3 Å². The van der Waals surface area contributed by atoms with E-state index in [9.17, 15) is 9.59 Å². The molecule has 0 aliphatic carbocycles. The summed E-state index contributed by atoms with van der Waals surface area (Å²) < 4.78 is 0. The molecule has 1 saturated heterocycles. The van der Waals surface area contributed by atoms with E-state index in [0.717, 1.165) is 36.3 Å². The highest BCUT2D eigenvalue weighted by molar-refractivity contribution is 6.41. The molecule has 0 radical (unpaired) electrons. The largest absolute Gasteiger partial charge is 0.356 e. The first-order valence-electron chi connectivity index (χ1n) is 12.9. The summed E-state index contributed by atoms with van der Waals surface area (Å²) >= 11 is 19.5. The van der Waals surface area contributed by atoms with Crippen LogP contribution in [0, 0.1) is 5.41 Å². The molecule has 1 fully saturated rings. The average Bonchev–Trinajstić information content (AvgIpc) is 2.86. The predicted molar refractivity (Wildman–Crippen MR) is 163 cm³/mol. The van der Waals surface area contributed by atoms with Crippen LogP contribution in [0.3, 0.4) is 0 Å². The van der Waals surface area contributed by atoms with Gasteiger partial charge in [-0.15, -0.1) is 0 Å². The molecule has 5 rings (SSSR count). The van der Waals surface area contributed by atoms with Crippen LogP contribution < -0.4 is 15.5 Å². The number of hydrogen-bond donors (Lipinski definition) is 2. The molecule has 1 aromatic heterocycles. The molecule has 0 bridgehead atoms. The number of aromatic nitrogens is 2. The van der Waals surface area contributed by atoms with Gasteiger partial charge in [-0.05, 0) is 48.4 Å². The van der Waals surface area contributed by atoms with Crippen molar-refractivity contribution in [3.63, 3.8) is 0 Å². The van der Waals surface area contributed by atoms with Gasteiger partial charge >= 0.3 is 0 Å². The lowest BCUT2D eigenvalue weighted by atomic mass is 9.95. The normalized spacial score (nSPS) is 13.2. The number of benzene rings is 3. The summed E-state index contributed by atoms with van der Waals surface area (Å²) in [6.07, 6.45) is 1.10. The molecule has 4 aromatic rings. The molecule has 7 nitrogen and oxygen atoms in total. The number of rotatable bonds is 6. The maximum absolute atomic E-state index is 13.4. The molecule has 1 aliphatic heterocycles. The van der Waals surface area contributed by atoms with Crippen molar-refractivity contribution in [1.82, 2.24) is 15.3 Å². The van der Waals surface area contributed by atoms with Crippen LogP contribution in [-0.2, 0) is 11.3 Å². The zero-order valence-electron chi connectivity index (χ0n) is 22.3. The van der Waals surface area contributed by atoms with Gasteiger partial charge < -0.3 is 15.5 Å². The minimum Gasteiger partial charge on any atom is -0.356 e. The molecule has 2 N–H and O–H groups in total. The average molecular weight is 597 g/mol. The fourth-order valence-corrected chi connectivity index (χ4v) is 5.13. The highest BCUT2D eigenvalue weighted by Crippen LogP contribution is 2.34. The van der Waals surface area contributed by atoms with Gasteiger partial charge in [-0.25, -0.2) is 9.97 Å². The molecule has 2 heterocycles. The van der Waals surface area contributed by atoms with Crippen LogP contribution in [0.1, 0.15) is 43.1 Å². The third-order valence-electron chi connectivity index (χ3n) is 6.72.